The first-order chi connectivity index (χ1) is 22.8. The minimum absolute atomic E-state index is 0.236. The van der Waals surface area contributed by atoms with Crippen LogP contribution in [0.1, 0.15) is 55.4 Å². The average molecular weight is 657 g/mol. The molecule has 3 aliphatic rings. The molecule has 0 saturated carbocycles. The summed E-state index contributed by atoms with van der Waals surface area (Å²) in [4.78, 5) is 23.0. The molecule has 4 aromatic rings. The molecule has 3 aromatic carbocycles. The lowest BCUT2D eigenvalue weighted by atomic mass is 9.96. The van der Waals surface area contributed by atoms with E-state index in [0.29, 0.717) is 54.8 Å². The number of fused-ring (bicyclic) bond motifs is 3. The predicted octanol–water partition coefficient (Wildman–Crippen LogP) is 6.37. The summed E-state index contributed by atoms with van der Waals surface area (Å²) < 4.78 is 44.0. The van der Waals surface area contributed by atoms with E-state index in [1.807, 2.05) is 36.4 Å². The standard InChI is InChI=1S/C36H41FN6O3S/c1-26-38-34-25-40(47(45,46)33-11-6-3-7-12-33)22-19-35(34)43(26)32-23-30-17-18-31(24-32)41(30)20-8-21-42(29-9-4-2-5-10-29)36(44)39-28-15-13-27(37)14-16-28/h2-7,9-16,30-32H,8,17-25H2,1H3,(H,39,44). The Labute approximate surface area is 276 Å². The Kier molecular flexibility index (Phi) is 8.87. The summed E-state index contributed by atoms with van der Waals surface area (Å²) in [6.07, 6.45) is 5.89. The number of nitrogens with zero attached hydrogens (tertiary/aromatic N) is 5. The van der Waals surface area contributed by atoms with Gasteiger partial charge in [-0.15, -0.1) is 0 Å². The second-order valence-corrected chi connectivity index (χ2v) is 14.8. The monoisotopic (exact) mass is 656 g/mol. The number of sulfonamides is 1. The minimum Gasteiger partial charge on any atom is -0.329 e. The van der Waals surface area contributed by atoms with Gasteiger partial charge in [0.15, 0.2) is 0 Å². The highest BCUT2D eigenvalue weighted by molar-refractivity contribution is 7.89. The van der Waals surface area contributed by atoms with Gasteiger partial charge in [0.1, 0.15) is 11.6 Å². The Morgan fingerprint density at radius 3 is 2.28 bits per heavy atom. The average Bonchev–Trinajstić information content (AvgIpc) is 3.54. The molecule has 3 aliphatic heterocycles. The van der Waals surface area contributed by atoms with Gasteiger partial charge in [0, 0.05) is 61.2 Å². The molecule has 2 amide bonds. The topological polar surface area (TPSA) is 90.8 Å². The Hall–Kier alpha value is -4.06. The Bertz CT molecular complexity index is 1800. The third kappa shape index (κ3) is 6.44. The number of aromatic nitrogens is 2. The highest BCUT2D eigenvalue weighted by atomic mass is 32.2. The fourth-order valence-electron chi connectivity index (χ4n) is 7.86. The SMILES string of the molecule is Cc1nc2c(n1C1CC3CCC(C1)N3CCCN(C(=O)Nc1ccc(F)cc1)c1ccccc1)CCN(S(=O)(=O)c1ccccc1)C2. The number of imidazole rings is 1. The van der Waals surface area contributed by atoms with E-state index in [4.69, 9.17) is 4.98 Å². The molecule has 0 radical (unpaired) electrons. The minimum atomic E-state index is -3.57. The van der Waals surface area contributed by atoms with Crippen molar-refractivity contribution in [1.29, 1.82) is 0 Å². The molecule has 9 nitrogen and oxygen atoms in total. The van der Waals surface area contributed by atoms with E-state index in [-0.39, 0.29) is 11.8 Å². The maximum Gasteiger partial charge on any atom is 0.326 e. The Morgan fingerprint density at radius 1 is 0.936 bits per heavy atom. The van der Waals surface area contributed by atoms with Crippen LogP contribution in [-0.2, 0) is 23.0 Å². The van der Waals surface area contributed by atoms with Crippen LogP contribution in [0.3, 0.4) is 0 Å². The van der Waals surface area contributed by atoms with Gasteiger partial charge in [-0.25, -0.2) is 22.6 Å². The van der Waals surface area contributed by atoms with Gasteiger partial charge in [0.25, 0.3) is 0 Å². The zero-order valence-electron chi connectivity index (χ0n) is 26.6. The Morgan fingerprint density at radius 2 is 1.60 bits per heavy atom. The second-order valence-electron chi connectivity index (χ2n) is 12.8. The molecule has 2 bridgehead atoms. The maximum absolute atomic E-state index is 13.4. The Balaban J connectivity index is 0.997. The van der Waals surface area contributed by atoms with Crippen LogP contribution in [0, 0.1) is 12.7 Å². The molecule has 1 N–H and O–H groups in total. The number of piperidine rings is 1. The van der Waals surface area contributed by atoms with Crippen LogP contribution in [0.15, 0.2) is 89.8 Å². The summed E-state index contributed by atoms with van der Waals surface area (Å²) in [6, 6.07) is 25.2. The summed E-state index contributed by atoms with van der Waals surface area (Å²) in [5, 5.41) is 2.92. The largest absolute Gasteiger partial charge is 0.329 e. The van der Waals surface area contributed by atoms with Crippen molar-refractivity contribution >= 4 is 27.4 Å². The zero-order chi connectivity index (χ0) is 32.5. The summed E-state index contributed by atoms with van der Waals surface area (Å²) in [5.41, 5.74) is 3.44. The number of hydrogen-bond donors (Lipinski definition) is 1. The lowest BCUT2D eigenvalue weighted by molar-refractivity contribution is 0.104. The number of urea groups is 1. The van der Waals surface area contributed by atoms with E-state index in [1.165, 1.54) is 17.8 Å². The first kappa shape index (κ1) is 31.5. The highest BCUT2D eigenvalue weighted by Crippen LogP contribution is 2.42. The molecular formula is C36H41FN6O3S. The molecule has 2 unspecified atom stereocenters. The van der Waals surface area contributed by atoms with Crippen LogP contribution in [0.5, 0.6) is 0 Å². The van der Waals surface area contributed by atoms with Crippen LogP contribution >= 0.6 is 0 Å². The van der Waals surface area contributed by atoms with Crippen molar-refractivity contribution in [2.24, 2.45) is 0 Å². The number of amides is 2. The molecule has 4 heterocycles. The van der Waals surface area contributed by atoms with Crippen molar-refractivity contribution in [2.45, 2.75) is 75.0 Å². The third-order valence-electron chi connectivity index (χ3n) is 10.0. The fourth-order valence-corrected chi connectivity index (χ4v) is 9.28. The molecule has 0 aliphatic carbocycles. The number of halogens is 1. The number of para-hydroxylation sites is 1. The van der Waals surface area contributed by atoms with Gasteiger partial charge in [-0.1, -0.05) is 36.4 Å². The van der Waals surface area contributed by atoms with Gasteiger partial charge in [-0.05, 0) is 87.6 Å². The van der Waals surface area contributed by atoms with Gasteiger partial charge in [0.2, 0.25) is 10.0 Å². The number of hydrogen-bond acceptors (Lipinski definition) is 5. The molecule has 11 heteroatoms. The van der Waals surface area contributed by atoms with E-state index in [9.17, 15) is 17.6 Å². The molecule has 47 heavy (non-hydrogen) atoms. The highest BCUT2D eigenvalue weighted by Gasteiger charge is 2.42. The number of anilines is 2. The van der Waals surface area contributed by atoms with E-state index in [0.717, 1.165) is 55.9 Å². The number of nitrogens with one attached hydrogen (secondary N) is 1. The lowest BCUT2D eigenvalue weighted by Gasteiger charge is -2.41. The second kappa shape index (κ2) is 13.2. The van der Waals surface area contributed by atoms with Crippen LogP contribution < -0.4 is 10.2 Å². The maximum atomic E-state index is 13.4. The van der Waals surface area contributed by atoms with Gasteiger partial charge in [-0.3, -0.25) is 9.80 Å². The lowest BCUT2D eigenvalue weighted by Crippen LogP contribution is -2.45. The number of benzene rings is 3. The first-order valence-corrected chi connectivity index (χ1v) is 18.0. The first-order valence-electron chi connectivity index (χ1n) is 16.5. The van der Waals surface area contributed by atoms with E-state index < -0.39 is 10.0 Å². The number of rotatable bonds is 9. The van der Waals surface area contributed by atoms with E-state index >= 15 is 0 Å². The van der Waals surface area contributed by atoms with Crippen LogP contribution in [-0.4, -0.2) is 64.9 Å². The van der Waals surface area contributed by atoms with Crippen molar-refractivity contribution in [3.05, 3.63) is 108 Å². The quantitative estimate of drug-likeness (QED) is 0.226. The molecule has 1 aromatic heterocycles. The molecule has 2 fully saturated rings. The third-order valence-corrected chi connectivity index (χ3v) is 11.9. The van der Waals surface area contributed by atoms with Crippen molar-refractivity contribution in [3.63, 3.8) is 0 Å². The molecule has 2 atom stereocenters. The normalized spacial score (nSPS) is 21.4. The number of carbonyl (C=O) groups excluding carboxylic acids is 1. The van der Waals surface area contributed by atoms with Gasteiger partial charge in [-0.2, -0.15) is 4.31 Å². The van der Waals surface area contributed by atoms with Crippen molar-refractivity contribution < 1.29 is 17.6 Å². The summed E-state index contributed by atoms with van der Waals surface area (Å²) in [6.45, 7) is 4.28. The molecule has 0 spiro atoms. The number of carbonyl (C=O) groups is 1. The van der Waals surface area contributed by atoms with E-state index in [2.05, 4.69) is 21.7 Å². The zero-order valence-corrected chi connectivity index (χ0v) is 27.4. The van der Waals surface area contributed by atoms with Crippen molar-refractivity contribution in [1.82, 2.24) is 18.8 Å². The van der Waals surface area contributed by atoms with Gasteiger partial charge in [0.05, 0.1) is 17.1 Å². The molecule has 2 saturated heterocycles. The number of aryl methyl sites for hydroxylation is 1. The van der Waals surface area contributed by atoms with Crippen LogP contribution in [0.25, 0.3) is 0 Å². The van der Waals surface area contributed by atoms with Crippen molar-refractivity contribution in [3.8, 4) is 0 Å². The van der Waals surface area contributed by atoms with Crippen LogP contribution in [0.2, 0.25) is 0 Å². The smallest absolute Gasteiger partial charge is 0.326 e. The summed E-state index contributed by atoms with van der Waals surface area (Å²) >= 11 is 0. The molecule has 246 valence electrons. The molecular weight excluding hydrogens is 616 g/mol. The predicted molar refractivity (Wildman–Crippen MR) is 180 cm³/mol. The van der Waals surface area contributed by atoms with Crippen molar-refractivity contribution in [2.75, 3.05) is 29.9 Å². The van der Waals surface area contributed by atoms with Crippen LogP contribution in [0.4, 0.5) is 20.6 Å². The summed E-state index contributed by atoms with van der Waals surface area (Å²) in [5.74, 6) is 0.628. The van der Waals surface area contributed by atoms with Gasteiger partial charge < -0.3 is 9.88 Å². The van der Waals surface area contributed by atoms with Gasteiger partial charge >= 0.3 is 6.03 Å². The molecule has 7 rings (SSSR count). The van der Waals surface area contributed by atoms with E-state index in [1.54, 1.807) is 45.6 Å². The fraction of sp³-hybridized carbons (Fsp3) is 0.389. The summed E-state index contributed by atoms with van der Waals surface area (Å²) in [7, 11) is -3.57.